The zero-order chi connectivity index (χ0) is 13.1. The summed E-state index contributed by atoms with van der Waals surface area (Å²) in [6, 6.07) is 4.84. The second-order valence-electron chi connectivity index (χ2n) is 3.28. The quantitative estimate of drug-likeness (QED) is 0.898. The van der Waals surface area contributed by atoms with Gasteiger partial charge in [0.2, 0.25) is 0 Å². The van der Waals surface area contributed by atoms with Gasteiger partial charge in [-0.1, -0.05) is 0 Å². The second-order valence-corrected chi connectivity index (χ2v) is 4.14. The van der Waals surface area contributed by atoms with Gasteiger partial charge < -0.3 is 15.2 Å². The third-order valence-corrected chi connectivity index (χ3v) is 2.73. The van der Waals surface area contributed by atoms with Crippen molar-refractivity contribution in [3.8, 4) is 5.75 Å². The average Bonchev–Trinajstić information content (AvgIpc) is 2.26. The van der Waals surface area contributed by atoms with E-state index in [-0.39, 0.29) is 0 Å². The Labute approximate surface area is 105 Å². The molecule has 1 aromatic carbocycles. The summed E-state index contributed by atoms with van der Waals surface area (Å²) in [4.78, 5) is 0. The lowest BCUT2D eigenvalue weighted by molar-refractivity contribution is -0.198. The number of ether oxygens (including phenoxy) is 1. The van der Waals surface area contributed by atoms with Crippen LogP contribution in [0.2, 0.25) is 0 Å². The first-order valence-corrected chi connectivity index (χ1v) is 5.46. The lowest BCUT2D eigenvalue weighted by atomic mass is 10.2. The highest BCUT2D eigenvalue weighted by Crippen LogP contribution is 2.28. The van der Waals surface area contributed by atoms with E-state index in [0.29, 0.717) is 15.9 Å². The van der Waals surface area contributed by atoms with Gasteiger partial charge in [-0.15, -0.1) is 0 Å². The van der Waals surface area contributed by atoms with Crippen LogP contribution in [0.1, 0.15) is 0 Å². The largest absolute Gasteiger partial charge is 0.497 e. The fourth-order valence-electron chi connectivity index (χ4n) is 1.09. The maximum Gasteiger partial charge on any atom is 0.416 e. The highest BCUT2D eigenvalue weighted by Gasteiger charge is 2.37. The van der Waals surface area contributed by atoms with Crippen molar-refractivity contribution in [2.45, 2.75) is 12.3 Å². The lowest BCUT2D eigenvalue weighted by Crippen LogP contribution is -2.35. The van der Waals surface area contributed by atoms with Crippen LogP contribution in [0.3, 0.4) is 0 Å². The van der Waals surface area contributed by atoms with E-state index < -0.39 is 18.8 Å². The van der Waals surface area contributed by atoms with Gasteiger partial charge in [0, 0.05) is 17.1 Å². The number of aliphatic hydroxyl groups excluding tert-OH is 1. The van der Waals surface area contributed by atoms with Crippen LogP contribution in [0.4, 0.5) is 18.9 Å². The molecule has 0 saturated heterocycles. The maximum atomic E-state index is 12.1. The molecule has 0 heterocycles. The molecule has 7 heteroatoms. The number of halogens is 4. The Hall–Kier alpha value is -0.950. The first kappa shape index (κ1) is 14.1. The molecule has 0 aliphatic heterocycles. The van der Waals surface area contributed by atoms with Crippen molar-refractivity contribution < 1.29 is 23.0 Å². The van der Waals surface area contributed by atoms with E-state index in [1.54, 1.807) is 12.1 Å². The standard InChI is InChI=1S/C10H11BrF3NO2/c1-17-6-2-3-7(11)8(4-6)15-5-9(16)10(12,13)14/h2-4,9,15-16H,5H2,1H3. The molecule has 0 saturated carbocycles. The molecule has 0 spiro atoms. The maximum absolute atomic E-state index is 12.1. The minimum atomic E-state index is -4.63. The fraction of sp³-hybridized carbons (Fsp3) is 0.400. The first-order chi connectivity index (χ1) is 7.84. The van der Waals surface area contributed by atoms with Gasteiger partial charge >= 0.3 is 6.18 Å². The molecule has 1 rings (SSSR count). The number of aliphatic hydroxyl groups is 1. The number of nitrogens with one attached hydrogen (secondary N) is 1. The molecule has 2 N–H and O–H groups in total. The van der Waals surface area contributed by atoms with Crippen molar-refractivity contribution in [2.24, 2.45) is 0 Å². The van der Waals surface area contributed by atoms with Crippen LogP contribution in [0, 0.1) is 0 Å². The molecule has 1 unspecified atom stereocenters. The zero-order valence-corrected chi connectivity index (χ0v) is 10.5. The van der Waals surface area contributed by atoms with Gasteiger partial charge in [0.1, 0.15) is 5.75 Å². The number of methoxy groups -OCH3 is 1. The normalized spacial score (nSPS) is 13.3. The topological polar surface area (TPSA) is 41.5 Å². The van der Waals surface area contributed by atoms with Crippen LogP contribution < -0.4 is 10.1 Å². The van der Waals surface area contributed by atoms with E-state index in [2.05, 4.69) is 21.2 Å². The van der Waals surface area contributed by atoms with Crippen LogP contribution >= 0.6 is 15.9 Å². The predicted molar refractivity (Wildman–Crippen MR) is 61.2 cm³/mol. The second kappa shape index (κ2) is 5.59. The number of rotatable bonds is 4. The van der Waals surface area contributed by atoms with Crippen LogP contribution in [0.15, 0.2) is 22.7 Å². The molecule has 0 aromatic heterocycles. The molecule has 1 atom stereocenters. The van der Waals surface area contributed by atoms with Crippen molar-refractivity contribution in [3.63, 3.8) is 0 Å². The van der Waals surface area contributed by atoms with Crippen molar-refractivity contribution >= 4 is 21.6 Å². The number of benzene rings is 1. The third-order valence-electron chi connectivity index (χ3n) is 2.04. The van der Waals surface area contributed by atoms with E-state index in [4.69, 9.17) is 9.84 Å². The molecule has 0 fully saturated rings. The van der Waals surface area contributed by atoms with Crippen LogP contribution in [-0.2, 0) is 0 Å². The molecule has 0 radical (unpaired) electrons. The molecule has 0 amide bonds. The fourth-order valence-corrected chi connectivity index (χ4v) is 1.48. The first-order valence-electron chi connectivity index (χ1n) is 4.67. The summed E-state index contributed by atoms with van der Waals surface area (Å²) in [6.07, 6.45) is -7.03. The van der Waals surface area contributed by atoms with Crippen molar-refractivity contribution in [2.75, 3.05) is 19.0 Å². The summed E-state index contributed by atoms with van der Waals surface area (Å²) in [7, 11) is 1.46. The van der Waals surface area contributed by atoms with Crippen molar-refractivity contribution in [3.05, 3.63) is 22.7 Å². The lowest BCUT2D eigenvalue weighted by Gasteiger charge is -2.16. The molecule has 1 aromatic rings. The smallest absolute Gasteiger partial charge is 0.416 e. The third kappa shape index (κ3) is 4.08. The van der Waals surface area contributed by atoms with Gasteiger partial charge in [0.15, 0.2) is 6.10 Å². The molecule has 0 bridgehead atoms. The van der Waals surface area contributed by atoms with Crippen LogP contribution in [0.5, 0.6) is 5.75 Å². The summed E-state index contributed by atoms with van der Waals surface area (Å²) in [5.74, 6) is 0.511. The highest BCUT2D eigenvalue weighted by atomic mass is 79.9. The van der Waals surface area contributed by atoms with E-state index >= 15 is 0 Å². The number of anilines is 1. The van der Waals surface area contributed by atoms with Gasteiger partial charge in [-0.2, -0.15) is 13.2 Å². The summed E-state index contributed by atoms with van der Waals surface area (Å²) in [5.41, 5.74) is 0.424. The zero-order valence-electron chi connectivity index (χ0n) is 8.88. The Bertz CT molecular complexity index is 384. The predicted octanol–water partition coefficient (Wildman–Crippen LogP) is 2.79. The number of hydrogen-bond donors (Lipinski definition) is 2. The Kier molecular flexibility index (Phi) is 4.64. The number of hydrogen-bond acceptors (Lipinski definition) is 3. The average molecular weight is 314 g/mol. The number of alkyl halides is 3. The van der Waals surface area contributed by atoms with Crippen molar-refractivity contribution in [1.82, 2.24) is 0 Å². The Morgan fingerprint density at radius 2 is 2.12 bits per heavy atom. The molecule has 96 valence electrons. The van der Waals surface area contributed by atoms with E-state index in [0.717, 1.165) is 0 Å². The van der Waals surface area contributed by atoms with Gasteiger partial charge in [-0.25, -0.2) is 0 Å². The van der Waals surface area contributed by atoms with E-state index in [1.165, 1.54) is 13.2 Å². The highest BCUT2D eigenvalue weighted by molar-refractivity contribution is 9.10. The Balaban J connectivity index is 2.69. The minimum absolute atomic E-state index is 0.424. The van der Waals surface area contributed by atoms with Crippen LogP contribution in [-0.4, -0.2) is 31.0 Å². The van der Waals surface area contributed by atoms with Gasteiger partial charge in [-0.05, 0) is 28.1 Å². The minimum Gasteiger partial charge on any atom is -0.497 e. The van der Waals surface area contributed by atoms with Gasteiger partial charge in [0.05, 0.1) is 12.8 Å². The Morgan fingerprint density at radius 1 is 1.47 bits per heavy atom. The summed E-state index contributed by atoms with van der Waals surface area (Å²) in [6.45, 7) is -0.616. The Morgan fingerprint density at radius 3 is 2.65 bits per heavy atom. The molecule has 3 nitrogen and oxygen atoms in total. The molecule has 0 aliphatic rings. The molecule has 17 heavy (non-hydrogen) atoms. The monoisotopic (exact) mass is 313 g/mol. The summed E-state index contributed by atoms with van der Waals surface area (Å²) >= 11 is 3.18. The SMILES string of the molecule is COc1ccc(Br)c(NCC(O)C(F)(F)F)c1. The molecular weight excluding hydrogens is 303 g/mol. The van der Waals surface area contributed by atoms with Crippen LogP contribution in [0.25, 0.3) is 0 Å². The van der Waals surface area contributed by atoms with Gasteiger partial charge in [-0.3, -0.25) is 0 Å². The van der Waals surface area contributed by atoms with E-state index in [1.807, 2.05) is 0 Å². The van der Waals surface area contributed by atoms with E-state index in [9.17, 15) is 13.2 Å². The molecule has 0 aliphatic carbocycles. The molecular formula is C10H11BrF3NO2. The summed E-state index contributed by atoms with van der Waals surface area (Å²) < 4.78 is 41.7. The van der Waals surface area contributed by atoms with Gasteiger partial charge in [0.25, 0.3) is 0 Å². The van der Waals surface area contributed by atoms with Crippen molar-refractivity contribution in [1.29, 1.82) is 0 Å². The summed E-state index contributed by atoms with van der Waals surface area (Å²) in [5, 5.41) is 11.3.